The van der Waals surface area contributed by atoms with Crippen LogP contribution in [0.4, 0.5) is 13.2 Å². The molecule has 0 saturated heterocycles. The van der Waals surface area contributed by atoms with Crippen molar-refractivity contribution in [2.45, 2.75) is 32.5 Å². The van der Waals surface area contributed by atoms with Crippen molar-refractivity contribution in [3.63, 3.8) is 0 Å². The van der Waals surface area contributed by atoms with E-state index < -0.39 is 46.8 Å². The lowest BCUT2D eigenvalue weighted by Crippen LogP contribution is -2.44. The van der Waals surface area contributed by atoms with Crippen LogP contribution in [0.15, 0.2) is 53.3 Å². The van der Waals surface area contributed by atoms with Crippen molar-refractivity contribution >= 4 is 41.0 Å². The molecule has 1 atom stereocenters. The van der Waals surface area contributed by atoms with Gasteiger partial charge in [0, 0.05) is 26.1 Å². The average molecular weight is 613 g/mol. The molecule has 1 amide bonds. The van der Waals surface area contributed by atoms with E-state index in [1.807, 2.05) is 0 Å². The summed E-state index contributed by atoms with van der Waals surface area (Å²) in [7, 11) is 1.38. The maximum Gasteiger partial charge on any atom is 0.417 e. The van der Waals surface area contributed by atoms with Gasteiger partial charge in [0.1, 0.15) is 19.3 Å². The Hall–Kier alpha value is -3.83. The normalized spacial score (nSPS) is 12.0. The van der Waals surface area contributed by atoms with Crippen LogP contribution in [-0.4, -0.2) is 41.7 Å². The van der Waals surface area contributed by atoms with Crippen LogP contribution >= 0.6 is 23.2 Å². The summed E-state index contributed by atoms with van der Waals surface area (Å²) in [4.78, 5) is 49.6. The Morgan fingerprint density at radius 1 is 1.00 bits per heavy atom. The van der Waals surface area contributed by atoms with E-state index in [1.54, 1.807) is 0 Å². The highest BCUT2D eigenvalue weighted by atomic mass is 35.5. The van der Waals surface area contributed by atoms with Crippen LogP contribution < -0.4 is 10.9 Å². The Balaban J connectivity index is 1.91. The minimum Gasteiger partial charge on any atom is -0.462 e. The SMILES string of the molecule is CC(=O)OCCOC(=O)[C@H](Cc1ccc(-c2c(C(F)(F)F)cc(C)n(C)c2=O)cc1)NC(=O)c1c(Cl)cccc1Cl. The number of rotatable bonds is 9. The summed E-state index contributed by atoms with van der Waals surface area (Å²) < 4.78 is 52.3. The third-order valence-corrected chi connectivity index (χ3v) is 6.70. The molecule has 1 aromatic heterocycles. The lowest BCUT2D eigenvalue weighted by atomic mass is 9.97. The van der Waals surface area contributed by atoms with Crippen LogP contribution in [0, 0.1) is 6.92 Å². The van der Waals surface area contributed by atoms with Gasteiger partial charge in [0.25, 0.3) is 11.5 Å². The molecular formula is C28H25Cl2F3N2O6. The van der Waals surface area contributed by atoms with Crippen LogP contribution in [0.3, 0.4) is 0 Å². The van der Waals surface area contributed by atoms with E-state index in [0.717, 1.165) is 10.6 Å². The van der Waals surface area contributed by atoms with Gasteiger partial charge in [-0.1, -0.05) is 53.5 Å². The molecule has 0 bridgehead atoms. The number of aryl methyl sites for hydroxylation is 1. The summed E-state index contributed by atoms with van der Waals surface area (Å²) in [6, 6.07) is 9.56. The first kappa shape index (κ1) is 31.7. The number of amides is 1. The topological polar surface area (TPSA) is 104 Å². The molecule has 218 valence electrons. The van der Waals surface area contributed by atoms with Crippen molar-refractivity contribution in [2.24, 2.45) is 7.05 Å². The van der Waals surface area contributed by atoms with Gasteiger partial charge in [-0.2, -0.15) is 13.2 Å². The van der Waals surface area contributed by atoms with Crippen molar-refractivity contribution in [1.29, 1.82) is 0 Å². The molecular weight excluding hydrogens is 588 g/mol. The van der Waals surface area contributed by atoms with Crippen molar-refractivity contribution in [1.82, 2.24) is 9.88 Å². The number of carbonyl (C=O) groups excluding carboxylic acids is 3. The summed E-state index contributed by atoms with van der Waals surface area (Å²) in [5.74, 6) is -2.21. The summed E-state index contributed by atoms with van der Waals surface area (Å²) in [5, 5.41) is 2.60. The second-order valence-electron chi connectivity index (χ2n) is 8.97. The molecule has 8 nitrogen and oxygen atoms in total. The van der Waals surface area contributed by atoms with Gasteiger partial charge in [-0.05, 0) is 36.2 Å². The molecule has 0 aliphatic heterocycles. The molecule has 0 radical (unpaired) electrons. The summed E-state index contributed by atoms with van der Waals surface area (Å²) in [6.07, 6.45) is -4.91. The zero-order chi connectivity index (χ0) is 30.5. The number of hydrogen-bond donors (Lipinski definition) is 1. The van der Waals surface area contributed by atoms with Crippen LogP contribution in [0.5, 0.6) is 0 Å². The number of halogens is 5. The number of hydrogen-bond acceptors (Lipinski definition) is 6. The number of aromatic nitrogens is 1. The fraction of sp³-hybridized carbons (Fsp3) is 0.286. The fourth-order valence-electron chi connectivity index (χ4n) is 3.93. The van der Waals surface area contributed by atoms with Gasteiger partial charge in [0.05, 0.1) is 26.7 Å². The van der Waals surface area contributed by atoms with E-state index >= 15 is 0 Å². The maximum atomic E-state index is 13.8. The third-order valence-electron chi connectivity index (χ3n) is 6.07. The Morgan fingerprint density at radius 2 is 1.59 bits per heavy atom. The maximum absolute atomic E-state index is 13.8. The van der Waals surface area contributed by atoms with E-state index in [4.69, 9.17) is 32.7 Å². The number of nitrogens with zero attached hydrogens (tertiary/aromatic N) is 1. The molecule has 0 aliphatic carbocycles. The van der Waals surface area contributed by atoms with Gasteiger partial charge in [0.2, 0.25) is 0 Å². The highest BCUT2D eigenvalue weighted by Crippen LogP contribution is 2.36. The fourth-order valence-corrected chi connectivity index (χ4v) is 4.50. The molecule has 2 aromatic carbocycles. The Bertz CT molecular complexity index is 1500. The second-order valence-corrected chi connectivity index (χ2v) is 9.78. The van der Waals surface area contributed by atoms with Gasteiger partial charge < -0.3 is 19.4 Å². The third kappa shape index (κ3) is 7.89. The highest BCUT2D eigenvalue weighted by Gasteiger charge is 2.36. The molecule has 0 fully saturated rings. The van der Waals surface area contributed by atoms with Gasteiger partial charge in [0.15, 0.2) is 0 Å². The van der Waals surface area contributed by atoms with Crippen LogP contribution in [0.2, 0.25) is 10.0 Å². The quantitative estimate of drug-likeness (QED) is 0.265. The minimum atomic E-state index is -4.77. The molecule has 0 aliphatic rings. The van der Waals surface area contributed by atoms with Crippen LogP contribution in [0.25, 0.3) is 11.1 Å². The van der Waals surface area contributed by atoms with E-state index in [2.05, 4.69) is 5.32 Å². The van der Waals surface area contributed by atoms with Gasteiger partial charge >= 0.3 is 18.1 Å². The van der Waals surface area contributed by atoms with Gasteiger partial charge in [-0.25, -0.2) is 4.79 Å². The van der Waals surface area contributed by atoms with Crippen molar-refractivity contribution < 1.29 is 37.0 Å². The molecule has 3 aromatic rings. The number of ether oxygens (including phenoxy) is 2. The monoisotopic (exact) mass is 612 g/mol. The van der Waals surface area contributed by atoms with Gasteiger partial charge in [-0.3, -0.25) is 14.4 Å². The smallest absolute Gasteiger partial charge is 0.417 e. The number of benzene rings is 2. The van der Waals surface area contributed by atoms with Crippen LogP contribution in [0.1, 0.15) is 34.1 Å². The zero-order valence-electron chi connectivity index (χ0n) is 22.1. The first-order chi connectivity index (χ1) is 19.2. The van der Waals surface area contributed by atoms with Crippen molar-refractivity contribution in [3.8, 4) is 11.1 Å². The Kier molecular flexibility index (Phi) is 10.2. The summed E-state index contributed by atoms with van der Waals surface area (Å²) in [5.41, 5.74) is -1.87. The zero-order valence-corrected chi connectivity index (χ0v) is 23.6. The first-order valence-corrected chi connectivity index (χ1v) is 12.9. The van der Waals surface area contributed by atoms with Crippen LogP contribution in [-0.2, 0) is 38.7 Å². The standard InChI is InChI=1S/C28H25Cl2F3N2O6/c1-15-13-19(28(31,32)33)23(26(38)35(15)3)18-9-7-17(8-10-18)14-22(27(39)41-12-11-40-16(2)36)34-25(37)24-20(29)5-4-6-21(24)30/h4-10,13,22H,11-12,14H2,1-3H3,(H,34,37)/t22-/m0/s1. The van der Waals surface area contributed by atoms with E-state index in [0.29, 0.717) is 5.56 Å². The van der Waals surface area contributed by atoms with Crippen molar-refractivity contribution in [3.05, 3.63) is 91.3 Å². The Labute approximate surface area is 243 Å². The molecule has 3 rings (SSSR count). The first-order valence-electron chi connectivity index (χ1n) is 12.1. The second kappa shape index (κ2) is 13.2. The number of esters is 2. The number of pyridine rings is 1. The average Bonchev–Trinajstić information content (AvgIpc) is 2.89. The number of carbonyl (C=O) groups is 3. The largest absolute Gasteiger partial charge is 0.462 e. The summed E-state index contributed by atoms with van der Waals surface area (Å²) in [6.45, 7) is 2.10. The van der Waals surface area contributed by atoms with E-state index in [1.165, 1.54) is 63.4 Å². The Morgan fingerprint density at radius 3 is 2.15 bits per heavy atom. The number of alkyl halides is 3. The molecule has 41 heavy (non-hydrogen) atoms. The lowest BCUT2D eigenvalue weighted by molar-refractivity contribution is -0.152. The minimum absolute atomic E-state index is 0.0223. The highest BCUT2D eigenvalue weighted by molar-refractivity contribution is 6.39. The molecule has 0 saturated carbocycles. The molecule has 1 heterocycles. The molecule has 0 spiro atoms. The van der Waals surface area contributed by atoms with E-state index in [9.17, 15) is 32.3 Å². The molecule has 1 N–H and O–H groups in total. The predicted molar refractivity (Wildman–Crippen MR) is 146 cm³/mol. The molecule has 13 heteroatoms. The lowest BCUT2D eigenvalue weighted by Gasteiger charge is -2.19. The molecule has 0 unspecified atom stereocenters. The predicted octanol–water partition coefficient (Wildman–Crippen LogP) is 5.13. The van der Waals surface area contributed by atoms with Crippen molar-refractivity contribution in [2.75, 3.05) is 13.2 Å². The summed E-state index contributed by atoms with van der Waals surface area (Å²) >= 11 is 12.2. The van der Waals surface area contributed by atoms with E-state index in [-0.39, 0.29) is 46.5 Å². The number of nitrogens with one attached hydrogen (secondary N) is 1. The van der Waals surface area contributed by atoms with Gasteiger partial charge in [-0.15, -0.1) is 0 Å².